The SMILES string of the molecule is c1ccc(-c2nc(-c3ccccc3)nc(-c3cc(-c4cccc(-c5cccc6ccccc56)c4)cc4oc5ccccc5c34)n2)cc1. The Morgan fingerprint density at radius 1 is 0.340 bits per heavy atom. The first kappa shape index (κ1) is 27.0. The van der Waals surface area contributed by atoms with Gasteiger partial charge < -0.3 is 4.42 Å². The number of hydrogen-bond donors (Lipinski definition) is 0. The van der Waals surface area contributed by atoms with E-state index in [0.29, 0.717) is 17.5 Å². The third kappa shape index (κ3) is 4.84. The number of hydrogen-bond acceptors (Lipinski definition) is 4. The molecule has 0 aliphatic rings. The van der Waals surface area contributed by atoms with Crippen LogP contribution in [-0.4, -0.2) is 15.0 Å². The molecule has 0 aliphatic carbocycles. The van der Waals surface area contributed by atoms with E-state index in [1.165, 1.54) is 16.3 Å². The Labute approximate surface area is 271 Å². The maximum atomic E-state index is 6.51. The van der Waals surface area contributed by atoms with Crippen LogP contribution < -0.4 is 0 Å². The highest BCUT2D eigenvalue weighted by molar-refractivity contribution is 6.13. The van der Waals surface area contributed by atoms with E-state index in [1.54, 1.807) is 0 Å². The standard InChI is InChI=1S/C43H27N3O/c1-3-14-29(15-4-1)41-44-42(30-16-5-2-6-17-30)46-43(45-41)37-26-33(27-39-40(37)36-22-9-10-24-38(36)47-39)31-19-11-20-32(25-31)35-23-12-18-28-13-7-8-21-34(28)35/h1-27H. The summed E-state index contributed by atoms with van der Waals surface area (Å²) in [4.78, 5) is 15.1. The Morgan fingerprint density at radius 3 is 1.68 bits per heavy atom. The number of fused-ring (bicyclic) bond motifs is 4. The molecule has 9 aromatic rings. The summed E-state index contributed by atoms with van der Waals surface area (Å²) in [5.41, 5.74) is 8.84. The van der Waals surface area contributed by atoms with E-state index in [1.807, 2.05) is 78.9 Å². The van der Waals surface area contributed by atoms with Crippen LogP contribution >= 0.6 is 0 Å². The normalized spacial score (nSPS) is 11.4. The number of aromatic nitrogens is 3. The van der Waals surface area contributed by atoms with Crippen molar-refractivity contribution in [3.63, 3.8) is 0 Å². The van der Waals surface area contributed by atoms with Crippen molar-refractivity contribution in [1.82, 2.24) is 15.0 Å². The van der Waals surface area contributed by atoms with E-state index >= 15 is 0 Å². The van der Waals surface area contributed by atoms with Crippen LogP contribution in [0.15, 0.2) is 168 Å². The second-order valence-electron chi connectivity index (χ2n) is 11.6. The first-order valence-corrected chi connectivity index (χ1v) is 15.7. The Bertz CT molecular complexity index is 2510. The topological polar surface area (TPSA) is 51.8 Å². The van der Waals surface area contributed by atoms with Crippen LogP contribution in [0, 0.1) is 0 Å². The molecule has 0 saturated carbocycles. The molecule has 0 unspecified atom stereocenters. The van der Waals surface area contributed by atoms with Crippen molar-refractivity contribution in [2.75, 3.05) is 0 Å². The maximum Gasteiger partial charge on any atom is 0.164 e. The van der Waals surface area contributed by atoms with Crippen LogP contribution in [0.5, 0.6) is 0 Å². The molecule has 0 aliphatic heterocycles. The van der Waals surface area contributed by atoms with Gasteiger partial charge in [-0.05, 0) is 57.3 Å². The van der Waals surface area contributed by atoms with Crippen molar-refractivity contribution in [1.29, 1.82) is 0 Å². The van der Waals surface area contributed by atoms with Gasteiger partial charge in [-0.3, -0.25) is 0 Å². The summed E-state index contributed by atoms with van der Waals surface area (Å²) < 4.78 is 6.51. The van der Waals surface area contributed by atoms with E-state index in [9.17, 15) is 0 Å². The number of nitrogens with zero attached hydrogens (tertiary/aromatic N) is 3. The molecule has 0 saturated heterocycles. The average Bonchev–Trinajstić information content (AvgIpc) is 3.53. The minimum Gasteiger partial charge on any atom is -0.456 e. The molecule has 0 spiro atoms. The Kier molecular flexibility index (Phi) is 6.43. The van der Waals surface area contributed by atoms with Gasteiger partial charge in [-0.15, -0.1) is 0 Å². The van der Waals surface area contributed by atoms with Gasteiger partial charge in [0.05, 0.1) is 0 Å². The molecule has 0 amide bonds. The Balaban J connectivity index is 1.29. The largest absolute Gasteiger partial charge is 0.456 e. The summed E-state index contributed by atoms with van der Waals surface area (Å²) in [5.74, 6) is 1.85. The van der Waals surface area contributed by atoms with Gasteiger partial charge >= 0.3 is 0 Å². The summed E-state index contributed by atoms with van der Waals surface area (Å²) in [7, 11) is 0. The van der Waals surface area contributed by atoms with E-state index < -0.39 is 0 Å². The van der Waals surface area contributed by atoms with Crippen molar-refractivity contribution in [2.45, 2.75) is 0 Å². The third-order valence-corrected chi connectivity index (χ3v) is 8.72. The molecular formula is C43H27N3O. The van der Waals surface area contributed by atoms with Gasteiger partial charge in [0.25, 0.3) is 0 Å². The van der Waals surface area contributed by atoms with E-state index in [0.717, 1.165) is 55.3 Å². The molecule has 4 nitrogen and oxygen atoms in total. The first-order chi connectivity index (χ1) is 23.3. The van der Waals surface area contributed by atoms with Crippen molar-refractivity contribution in [2.24, 2.45) is 0 Å². The molecule has 2 aromatic heterocycles. The lowest BCUT2D eigenvalue weighted by molar-refractivity contribution is 0.669. The zero-order valence-electron chi connectivity index (χ0n) is 25.3. The van der Waals surface area contributed by atoms with E-state index in [-0.39, 0.29) is 0 Å². The fourth-order valence-corrected chi connectivity index (χ4v) is 6.47. The highest BCUT2D eigenvalue weighted by atomic mass is 16.3. The van der Waals surface area contributed by atoms with Gasteiger partial charge in [0.2, 0.25) is 0 Å². The summed E-state index contributed by atoms with van der Waals surface area (Å²) in [6.45, 7) is 0. The van der Waals surface area contributed by atoms with Crippen LogP contribution in [0.25, 0.3) is 89.1 Å². The third-order valence-electron chi connectivity index (χ3n) is 8.72. The fourth-order valence-electron chi connectivity index (χ4n) is 6.47. The van der Waals surface area contributed by atoms with Crippen LogP contribution in [0.2, 0.25) is 0 Å². The molecule has 47 heavy (non-hydrogen) atoms. The molecule has 0 fully saturated rings. The predicted molar refractivity (Wildman–Crippen MR) is 192 cm³/mol. The van der Waals surface area contributed by atoms with Crippen molar-refractivity contribution >= 4 is 32.7 Å². The van der Waals surface area contributed by atoms with Gasteiger partial charge in [-0.25, -0.2) is 15.0 Å². The molecule has 2 heterocycles. The summed E-state index contributed by atoms with van der Waals surface area (Å²) >= 11 is 0. The molecule has 4 heteroatoms. The monoisotopic (exact) mass is 601 g/mol. The number of para-hydroxylation sites is 1. The van der Waals surface area contributed by atoms with Crippen LogP contribution in [0.3, 0.4) is 0 Å². The van der Waals surface area contributed by atoms with E-state index in [4.69, 9.17) is 19.4 Å². The summed E-state index contributed by atoms with van der Waals surface area (Å²) in [5, 5.41) is 4.46. The second-order valence-corrected chi connectivity index (χ2v) is 11.6. The lowest BCUT2D eigenvalue weighted by atomic mass is 9.93. The molecular weight excluding hydrogens is 574 g/mol. The van der Waals surface area contributed by atoms with Gasteiger partial charge in [0.15, 0.2) is 17.5 Å². The molecule has 0 bridgehead atoms. The highest BCUT2D eigenvalue weighted by Crippen LogP contribution is 2.40. The second kappa shape index (κ2) is 11.2. The van der Waals surface area contributed by atoms with Gasteiger partial charge in [0, 0.05) is 27.5 Å². The zero-order valence-corrected chi connectivity index (χ0v) is 25.3. The summed E-state index contributed by atoms with van der Waals surface area (Å²) in [6, 6.07) is 56.4. The lowest BCUT2D eigenvalue weighted by Crippen LogP contribution is -2.00. The van der Waals surface area contributed by atoms with Crippen molar-refractivity contribution < 1.29 is 4.42 Å². The maximum absolute atomic E-state index is 6.51. The zero-order chi connectivity index (χ0) is 31.2. The Hall–Kier alpha value is -6.39. The fraction of sp³-hybridized carbons (Fsp3) is 0. The van der Waals surface area contributed by atoms with Crippen LogP contribution in [0.4, 0.5) is 0 Å². The van der Waals surface area contributed by atoms with Gasteiger partial charge in [0.1, 0.15) is 11.2 Å². The lowest BCUT2D eigenvalue weighted by Gasteiger charge is -2.12. The number of benzene rings is 7. The number of furan rings is 1. The smallest absolute Gasteiger partial charge is 0.164 e. The van der Waals surface area contributed by atoms with Crippen LogP contribution in [-0.2, 0) is 0 Å². The van der Waals surface area contributed by atoms with Crippen molar-refractivity contribution in [3.8, 4) is 56.4 Å². The molecule has 7 aromatic carbocycles. The summed E-state index contributed by atoms with van der Waals surface area (Å²) in [6.07, 6.45) is 0. The minimum absolute atomic E-state index is 0.598. The van der Waals surface area contributed by atoms with Crippen LogP contribution in [0.1, 0.15) is 0 Å². The Morgan fingerprint density at radius 2 is 0.915 bits per heavy atom. The highest BCUT2D eigenvalue weighted by Gasteiger charge is 2.20. The number of rotatable bonds is 5. The molecule has 0 atom stereocenters. The van der Waals surface area contributed by atoms with Gasteiger partial charge in [-0.2, -0.15) is 0 Å². The van der Waals surface area contributed by atoms with Crippen molar-refractivity contribution in [3.05, 3.63) is 164 Å². The minimum atomic E-state index is 0.598. The molecule has 0 N–H and O–H groups in total. The average molecular weight is 602 g/mol. The van der Waals surface area contributed by atoms with Gasteiger partial charge in [-0.1, -0.05) is 140 Å². The molecule has 9 rings (SSSR count). The van der Waals surface area contributed by atoms with E-state index in [2.05, 4.69) is 84.9 Å². The predicted octanol–water partition coefficient (Wildman–Crippen LogP) is 11.3. The first-order valence-electron chi connectivity index (χ1n) is 15.7. The molecule has 0 radical (unpaired) electrons. The molecule has 220 valence electrons. The quantitative estimate of drug-likeness (QED) is 0.197.